The van der Waals surface area contributed by atoms with E-state index in [4.69, 9.17) is 11.6 Å². The highest BCUT2D eigenvalue weighted by atomic mass is 35.5. The molecule has 0 aliphatic rings. The van der Waals surface area contributed by atoms with Crippen LogP contribution in [0.25, 0.3) is 0 Å². The summed E-state index contributed by atoms with van der Waals surface area (Å²) in [5.41, 5.74) is 0.547. The van der Waals surface area contributed by atoms with Crippen LogP contribution in [0.2, 0.25) is 5.02 Å². The maximum absolute atomic E-state index is 11.9. The van der Waals surface area contributed by atoms with Gasteiger partial charge in [0, 0.05) is 37.2 Å². The minimum atomic E-state index is -0.478. The number of amides is 1. The molecule has 0 saturated carbocycles. The fraction of sp³-hybridized carbons (Fsp3) is 0.462. The summed E-state index contributed by atoms with van der Waals surface area (Å²) in [6, 6.07) is 4.23. The molecule has 0 aliphatic heterocycles. The topological polar surface area (TPSA) is 75.5 Å². The zero-order valence-corrected chi connectivity index (χ0v) is 13.5. The molecule has 0 aromatic heterocycles. The van der Waals surface area contributed by atoms with E-state index >= 15 is 0 Å². The summed E-state index contributed by atoms with van der Waals surface area (Å²) in [6.07, 6.45) is 1.19. The number of rotatable bonds is 7. The fourth-order valence-corrected chi connectivity index (χ4v) is 1.92. The van der Waals surface area contributed by atoms with Crippen LogP contribution in [0.4, 0.5) is 5.69 Å². The van der Waals surface area contributed by atoms with E-state index in [-0.39, 0.29) is 30.5 Å². The third-order valence-electron chi connectivity index (χ3n) is 2.89. The lowest BCUT2D eigenvalue weighted by atomic mass is 10.2. The number of nitrogens with zero attached hydrogens (tertiary/aromatic N) is 2. The molecule has 1 rings (SSSR count). The molecule has 118 valence electrons. The number of hydrogen-bond acceptors (Lipinski definition) is 4. The van der Waals surface area contributed by atoms with Gasteiger partial charge in [-0.25, -0.2) is 0 Å². The van der Waals surface area contributed by atoms with Gasteiger partial charge in [0.1, 0.15) is 0 Å². The van der Waals surface area contributed by atoms with Crippen LogP contribution in [0.3, 0.4) is 0 Å². The van der Waals surface area contributed by atoms with Crippen molar-refractivity contribution in [3.05, 3.63) is 38.9 Å². The van der Waals surface area contributed by atoms with Gasteiger partial charge < -0.3 is 10.2 Å². The van der Waals surface area contributed by atoms with E-state index in [0.717, 1.165) is 13.0 Å². The Labute approximate surface area is 135 Å². The first-order chi connectivity index (χ1) is 9.45. The van der Waals surface area contributed by atoms with Gasteiger partial charge in [0.25, 0.3) is 5.69 Å². The van der Waals surface area contributed by atoms with E-state index < -0.39 is 4.92 Å². The molecule has 0 spiro atoms. The van der Waals surface area contributed by atoms with Crippen molar-refractivity contribution in [2.45, 2.75) is 19.4 Å². The van der Waals surface area contributed by atoms with Crippen LogP contribution in [0.1, 0.15) is 18.4 Å². The van der Waals surface area contributed by atoms with Crippen molar-refractivity contribution >= 4 is 35.6 Å². The van der Waals surface area contributed by atoms with Gasteiger partial charge in [-0.1, -0.05) is 11.6 Å². The average Bonchev–Trinajstić information content (AvgIpc) is 2.41. The predicted octanol–water partition coefficient (Wildman–Crippen LogP) is 2.63. The van der Waals surface area contributed by atoms with Crippen LogP contribution < -0.4 is 5.32 Å². The lowest BCUT2D eigenvalue weighted by molar-refractivity contribution is -0.384. The molecule has 21 heavy (non-hydrogen) atoms. The minimum absolute atomic E-state index is 0. The van der Waals surface area contributed by atoms with E-state index in [1.54, 1.807) is 7.05 Å². The lowest BCUT2D eigenvalue weighted by Crippen LogP contribution is -2.26. The van der Waals surface area contributed by atoms with Crippen LogP contribution in [0.5, 0.6) is 0 Å². The molecule has 0 bridgehead atoms. The monoisotopic (exact) mass is 335 g/mol. The van der Waals surface area contributed by atoms with Gasteiger partial charge >= 0.3 is 0 Å². The summed E-state index contributed by atoms with van der Waals surface area (Å²) in [4.78, 5) is 23.7. The van der Waals surface area contributed by atoms with E-state index in [0.29, 0.717) is 17.0 Å². The Morgan fingerprint density at radius 2 is 2.14 bits per heavy atom. The average molecular weight is 336 g/mol. The van der Waals surface area contributed by atoms with Crippen molar-refractivity contribution in [3.8, 4) is 0 Å². The summed E-state index contributed by atoms with van der Waals surface area (Å²) in [5, 5.41) is 14.1. The molecular formula is C13H19Cl2N3O3. The summed E-state index contributed by atoms with van der Waals surface area (Å²) in [7, 11) is 3.49. The third kappa shape index (κ3) is 6.29. The van der Waals surface area contributed by atoms with Crippen molar-refractivity contribution in [2.75, 3.05) is 20.6 Å². The number of hydrogen-bond donors (Lipinski definition) is 1. The Morgan fingerprint density at radius 1 is 1.48 bits per heavy atom. The second kappa shape index (κ2) is 9.55. The molecule has 1 N–H and O–H groups in total. The SMILES string of the molecule is CNCCCC(=O)N(C)Cc1cc([N+](=O)[O-])ccc1Cl.Cl. The first-order valence-corrected chi connectivity index (χ1v) is 6.65. The van der Waals surface area contributed by atoms with Gasteiger partial charge in [0.2, 0.25) is 5.91 Å². The van der Waals surface area contributed by atoms with Gasteiger partial charge in [-0.05, 0) is 31.6 Å². The summed E-state index contributed by atoms with van der Waals surface area (Å²) in [5.74, 6) is -0.0113. The highest BCUT2D eigenvalue weighted by Gasteiger charge is 2.14. The van der Waals surface area contributed by atoms with E-state index in [2.05, 4.69) is 5.32 Å². The van der Waals surface area contributed by atoms with E-state index in [9.17, 15) is 14.9 Å². The van der Waals surface area contributed by atoms with Crippen LogP contribution >= 0.6 is 24.0 Å². The van der Waals surface area contributed by atoms with Crippen molar-refractivity contribution in [1.29, 1.82) is 0 Å². The first-order valence-electron chi connectivity index (χ1n) is 6.27. The molecule has 0 saturated heterocycles. The van der Waals surface area contributed by atoms with Gasteiger partial charge in [-0.15, -0.1) is 12.4 Å². The molecule has 0 fully saturated rings. The van der Waals surface area contributed by atoms with Gasteiger partial charge in [-0.3, -0.25) is 14.9 Å². The molecule has 0 radical (unpaired) electrons. The molecule has 0 aliphatic carbocycles. The van der Waals surface area contributed by atoms with Gasteiger partial charge in [-0.2, -0.15) is 0 Å². The number of non-ortho nitro benzene ring substituents is 1. The highest BCUT2D eigenvalue weighted by Crippen LogP contribution is 2.23. The second-order valence-electron chi connectivity index (χ2n) is 4.49. The number of carbonyl (C=O) groups is 1. The first kappa shape index (κ1) is 19.6. The summed E-state index contributed by atoms with van der Waals surface area (Å²) in [6.45, 7) is 1.04. The van der Waals surface area contributed by atoms with Crippen molar-refractivity contribution in [3.63, 3.8) is 0 Å². The molecule has 0 unspecified atom stereocenters. The largest absolute Gasteiger partial charge is 0.341 e. The zero-order valence-electron chi connectivity index (χ0n) is 12.0. The zero-order chi connectivity index (χ0) is 15.1. The Hall–Kier alpha value is -1.37. The molecule has 1 aromatic rings. The van der Waals surface area contributed by atoms with Crippen LogP contribution in [-0.2, 0) is 11.3 Å². The number of nitrogens with one attached hydrogen (secondary N) is 1. The number of halogens is 2. The van der Waals surface area contributed by atoms with Crippen LogP contribution in [0.15, 0.2) is 18.2 Å². The van der Waals surface area contributed by atoms with Gasteiger partial charge in [0.15, 0.2) is 0 Å². The van der Waals surface area contributed by atoms with Crippen molar-refractivity contribution < 1.29 is 9.72 Å². The molecule has 1 aromatic carbocycles. The lowest BCUT2D eigenvalue weighted by Gasteiger charge is -2.18. The van der Waals surface area contributed by atoms with Crippen LogP contribution in [-0.4, -0.2) is 36.4 Å². The molecule has 6 nitrogen and oxygen atoms in total. The molecular weight excluding hydrogens is 317 g/mol. The van der Waals surface area contributed by atoms with E-state index in [1.165, 1.54) is 23.1 Å². The molecule has 1 amide bonds. The summed E-state index contributed by atoms with van der Waals surface area (Å²) >= 11 is 6.01. The maximum Gasteiger partial charge on any atom is 0.269 e. The predicted molar refractivity (Wildman–Crippen MR) is 85.0 cm³/mol. The fourth-order valence-electron chi connectivity index (χ4n) is 1.75. The number of nitro groups is 1. The number of carbonyl (C=O) groups excluding carboxylic acids is 1. The standard InChI is InChI=1S/C13H18ClN3O3.ClH/c1-15-7-3-4-13(18)16(2)9-10-8-11(17(19)20)5-6-12(10)14;/h5-6,8,15H,3-4,7,9H2,1-2H3;1H. The normalized spacial score (nSPS) is 9.86. The smallest absolute Gasteiger partial charge is 0.269 e. The van der Waals surface area contributed by atoms with Crippen molar-refractivity contribution in [1.82, 2.24) is 10.2 Å². The molecule has 0 heterocycles. The van der Waals surface area contributed by atoms with Crippen molar-refractivity contribution in [2.24, 2.45) is 0 Å². The minimum Gasteiger partial charge on any atom is -0.341 e. The molecule has 0 atom stereocenters. The second-order valence-corrected chi connectivity index (χ2v) is 4.90. The Bertz CT molecular complexity index is 498. The maximum atomic E-state index is 11.9. The third-order valence-corrected chi connectivity index (χ3v) is 3.26. The van der Waals surface area contributed by atoms with Crippen LogP contribution in [0, 0.1) is 10.1 Å². The Balaban J connectivity index is 0.00000400. The Morgan fingerprint density at radius 3 is 2.71 bits per heavy atom. The quantitative estimate of drug-likeness (QED) is 0.472. The highest BCUT2D eigenvalue weighted by molar-refractivity contribution is 6.31. The Kier molecular flexibility index (Phi) is 8.92. The molecule has 8 heteroatoms. The number of benzene rings is 1. The number of nitro benzene ring substituents is 1. The van der Waals surface area contributed by atoms with Gasteiger partial charge in [0.05, 0.1) is 4.92 Å². The summed E-state index contributed by atoms with van der Waals surface area (Å²) < 4.78 is 0. The van der Waals surface area contributed by atoms with E-state index in [1.807, 2.05) is 7.05 Å².